The van der Waals surface area contributed by atoms with Crippen LogP contribution in [0.25, 0.3) is 5.76 Å². The molecule has 2 aromatic carbocycles. The number of ether oxygens (including phenoxy) is 1. The molecule has 1 aliphatic heterocycles. The van der Waals surface area contributed by atoms with Gasteiger partial charge in [0.2, 0.25) is 0 Å². The summed E-state index contributed by atoms with van der Waals surface area (Å²) in [4.78, 5) is 39.8. The van der Waals surface area contributed by atoms with Crippen molar-refractivity contribution in [1.82, 2.24) is 9.80 Å². The summed E-state index contributed by atoms with van der Waals surface area (Å²) in [6, 6.07) is 11.5. The predicted octanol–water partition coefficient (Wildman–Crippen LogP) is 2.98. The van der Waals surface area contributed by atoms with Crippen molar-refractivity contribution in [3.63, 3.8) is 0 Å². The number of nitrogens with zero attached hydrogens (tertiary/aromatic N) is 3. The molecule has 1 unspecified atom stereocenters. The number of aliphatic hydroxyl groups excluding tert-OH is 1. The molecular formula is C23H25N3O6. The topological polar surface area (TPSA) is 113 Å². The van der Waals surface area contributed by atoms with E-state index in [4.69, 9.17) is 4.74 Å². The fraction of sp³-hybridized carbons (Fsp3) is 0.304. The first-order valence-electron chi connectivity index (χ1n) is 10.1. The Bertz CT molecular complexity index is 1080. The zero-order valence-electron chi connectivity index (χ0n) is 18.1. The number of amides is 1. The van der Waals surface area contributed by atoms with Gasteiger partial charge in [0, 0.05) is 30.8 Å². The van der Waals surface area contributed by atoms with Gasteiger partial charge in [-0.15, -0.1) is 0 Å². The molecule has 1 aliphatic rings. The van der Waals surface area contributed by atoms with E-state index in [1.54, 1.807) is 24.3 Å². The third-order valence-electron chi connectivity index (χ3n) is 5.14. The quantitative estimate of drug-likeness (QED) is 0.221. The Morgan fingerprint density at radius 1 is 1.19 bits per heavy atom. The zero-order chi connectivity index (χ0) is 23.4. The molecule has 0 radical (unpaired) electrons. The maximum Gasteiger partial charge on any atom is 0.295 e. The zero-order valence-corrected chi connectivity index (χ0v) is 18.1. The lowest BCUT2D eigenvalue weighted by molar-refractivity contribution is -0.384. The summed E-state index contributed by atoms with van der Waals surface area (Å²) in [5.74, 6) is -1.45. The molecule has 1 fully saturated rings. The lowest BCUT2D eigenvalue weighted by atomic mass is 9.95. The summed E-state index contributed by atoms with van der Waals surface area (Å²) in [6.07, 6.45) is 0. The second-order valence-electron chi connectivity index (χ2n) is 7.61. The van der Waals surface area contributed by atoms with Crippen LogP contribution in [0.15, 0.2) is 54.1 Å². The Balaban J connectivity index is 2.17. The van der Waals surface area contributed by atoms with Crippen LogP contribution in [0.2, 0.25) is 0 Å². The summed E-state index contributed by atoms with van der Waals surface area (Å²) in [7, 11) is 3.70. The Kier molecular flexibility index (Phi) is 6.89. The van der Waals surface area contributed by atoms with Crippen LogP contribution in [0.4, 0.5) is 5.69 Å². The molecule has 1 atom stereocenters. The molecule has 2 aromatic rings. The van der Waals surface area contributed by atoms with Crippen LogP contribution >= 0.6 is 0 Å². The number of hydrogen-bond acceptors (Lipinski definition) is 7. The molecule has 1 heterocycles. The highest BCUT2D eigenvalue weighted by atomic mass is 16.6. The van der Waals surface area contributed by atoms with Gasteiger partial charge in [0.15, 0.2) is 0 Å². The van der Waals surface area contributed by atoms with Crippen LogP contribution < -0.4 is 4.74 Å². The monoisotopic (exact) mass is 439 g/mol. The van der Waals surface area contributed by atoms with Gasteiger partial charge in [0.1, 0.15) is 11.5 Å². The first-order chi connectivity index (χ1) is 15.2. The first-order valence-corrected chi connectivity index (χ1v) is 10.1. The highest BCUT2D eigenvalue weighted by Gasteiger charge is 2.46. The van der Waals surface area contributed by atoms with Crippen molar-refractivity contribution >= 4 is 23.1 Å². The fourth-order valence-electron chi connectivity index (χ4n) is 3.63. The summed E-state index contributed by atoms with van der Waals surface area (Å²) in [5, 5.41) is 22.2. The van der Waals surface area contributed by atoms with Gasteiger partial charge < -0.3 is 19.6 Å². The van der Waals surface area contributed by atoms with Gasteiger partial charge in [0.05, 0.1) is 23.1 Å². The number of nitro groups is 1. The van der Waals surface area contributed by atoms with Crippen LogP contribution in [-0.2, 0) is 9.59 Å². The summed E-state index contributed by atoms with van der Waals surface area (Å²) in [5.41, 5.74) is 0.352. The number of aliphatic hydroxyl groups is 1. The van der Waals surface area contributed by atoms with Crippen LogP contribution in [0, 0.1) is 10.1 Å². The molecular weight excluding hydrogens is 414 g/mol. The van der Waals surface area contributed by atoms with Crippen LogP contribution in [0.5, 0.6) is 5.75 Å². The predicted molar refractivity (Wildman–Crippen MR) is 118 cm³/mol. The van der Waals surface area contributed by atoms with E-state index in [1.165, 1.54) is 29.2 Å². The molecule has 0 saturated carbocycles. The SMILES string of the molecule is CCOc1cccc(C2/C(=C(/O)c3cccc([N+](=O)[O-])c3)C(=O)C(=O)N2CCN(C)C)c1. The Morgan fingerprint density at radius 2 is 1.91 bits per heavy atom. The average Bonchev–Trinajstić information content (AvgIpc) is 3.02. The van der Waals surface area contributed by atoms with E-state index in [2.05, 4.69) is 0 Å². The molecule has 0 aromatic heterocycles. The number of likely N-dealkylation sites (tertiary alicyclic amines) is 1. The lowest BCUT2D eigenvalue weighted by Gasteiger charge is -2.26. The minimum atomic E-state index is -0.852. The van der Waals surface area contributed by atoms with E-state index in [0.717, 1.165) is 0 Å². The molecule has 1 saturated heterocycles. The highest BCUT2D eigenvalue weighted by Crippen LogP contribution is 2.40. The van der Waals surface area contributed by atoms with Crippen molar-refractivity contribution in [2.45, 2.75) is 13.0 Å². The van der Waals surface area contributed by atoms with Crippen molar-refractivity contribution < 1.29 is 24.4 Å². The number of nitro benzene ring substituents is 1. The van der Waals surface area contributed by atoms with E-state index >= 15 is 0 Å². The Labute approximate surface area is 185 Å². The molecule has 9 heteroatoms. The van der Waals surface area contributed by atoms with Crippen molar-refractivity contribution in [2.24, 2.45) is 0 Å². The van der Waals surface area contributed by atoms with E-state index in [9.17, 15) is 24.8 Å². The molecule has 3 rings (SSSR count). The molecule has 0 spiro atoms. The van der Waals surface area contributed by atoms with Crippen molar-refractivity contribution in [3.05, 3.63) is 75.3 Å². The fourth-order valence-corrected chi connectivity index (χ4v) is 3.63. The van der Waals surface area contributed by atoms with Gasteiger partial charge in [-0.3, -0.25) is 19.7 Å². The minimum Gasteiger partial charge on any atom is -0.507 e. The maximum atomic E-state index is 13.0. The highest BCUT2D eigenvalue weighted by molar-refractivity contribution is 6.46. The third kappa shape index (κ3) is 4.62. The van der Waals surface area contributed by atoms with Crippen molar-refractivity contribution in [2.75, 3.05) is 33.8 Å². The van der Waals surface area contributed by atoms with Crippen LogP contribution in [0.3, 0.4) is 0 Å². The van der Waals surface area contributed by atoms with Gasteiger partial charge in [-0.25, -0.2) is 0 Å². The second kappa shape index (κ2) is 9.61. The molecule has 1 N–H and O–H groups in total. The average molecular weight is 439 g/mol. The van der Waals surface area contributed by atoms with Crippen molar-refractivity contribution in [3.8, 4) is 5.75 Å². The third-order valence-corrected chi connectivity index (χ3v) is 5.14. The molecule has 9 nitrogen and oxygen atoms in total. The maximum absolute atomic E-state index is 13.0. The largest absolute Gasteiger partial charge is 0.507 e. The first kappa shape index (κ1) is 23.0. The standard InChI is InChI=1S/C23H25N3O6/c1-4-32-18-10-6-7-15(14-18)20-19(22(28)23(29)25(20)12-11-24(2)3)21(27)16-8-5-9-17(13-16)26(30)31/h5-10,13-14,20,27H,4,11-12H2,1-3H3/b21-19-. The summed E-state index contributed by atoms with van der Waals surface area (Å²) < 4.78 is 5.57. The Hall–Kier alpha value is -3.72. The Morgan fingerprint density at radius 3 is 2.56 bits per heavy atom. The van der Waals surface area contributed by atoms with Gasteiger partial charge in [-0.1, -0.05) is 24.3 Å². The number of Topliss-reactive ketones (excluding diaryl/α,β-unsaturated/α-hetero) is 1. The van der Waals surface area contributed by atoms with Crippen molar-refractivity contribution in [1.29, 1.82) is 0 Å². The smallest absolute Gasteiger partial charge is 0.295 e. The lowest BCUT2D eigenvalue weighted by Crippen LogP contribution is -2.35. The van der Waals surface area contributed by atoms with Gasteiger partial charge in [0.25, 0.3) is 17.4 Å². The van der Waals surface area contributed by atoms with E-state index in [1.807, 2.05) is 25.9 Å². The number of non-ortho nitro benzene ring substituents is 1. The second-order valence-corrected chi connectivity index (χ2v) is 7.61. The number of hydrogen-bond donors (Lipinski definition) is 1. The number of carbonyl (C=O) groups is 2. The van der Waals surface area contributed by atoms with Gasteiger partial charge >= 0.3 is 0 Å². The summed E-state index contributed by atoms with van der Waals surface area (Å²) in [6.45, 7) is 3.05. The molecule has 1 amide bonds. The van der Waals surface area contributed by atoms with Gasteiger partial charge in [-0.05, 0) is 38.7 Å². The summed E-state index contributed by atoms with van der Waals surface area (Å²) >= 11 is 0. The molecule has 32 heavy (non-hydrogen) atoms. The number of carbonyl (C=O) groups excluding carboxylic acids is 2. The van der Waals surface area contributed by atoms with Crippen LogP contribution in [0.1, 0.15) is 24.1 Å². The number of rotatable bonds is 8. The molecule has 0 aliphatic carbocycles. The van der Waals surface area contributed by atoms with Crippen LogP contribution in [-0.4, -0.2) is 65.3 Å². The number of benzene rings is 2. The molecule has 168 valence electrons. The van der Waals surface area contributed by atoms with Gasteiger partial charge in [-0.2, -0.15) is 0 Å². The van der Waals surface area contributed by atoms with E-state index < -0.39 is 28.4 Å². The number of likely N-dealkylation sites (N-methyl/N-ethyl adjacent to an activating group) is 1. The normalized spacial score (nSPS) is 17.8. The molecule has 0 bridgehead atoms. The van der Waals surface area contributed by atoms with E-state index in [0.29, 0.717) is 24.5 Å². The number of ketones is 1. The van der Waals surface area contributed by atoms with E-state index in [-0.39, 0.29) is 23.4 Å². The minimum absolute atomic E-state index is 0.0933.